The summed E-state index contributed by atoms with van der Waals surface area (Å²) in [6.45, 7) is 3.09. The number of carbonyl (C=O) groups is 3. The molecule has 1 atom stereocenters. The third-order valence-electron chi connectivity index (χ3n) is 5.02. The molecular weight excluding hydrogens is 413 g/mol. The van der Waals surface area contributed by atoms with Gasteiger partial charge in [-0.15, -0.1) is 0 Å². The highest BCUT2D eigenvalue weighted by Gasteiger charge is 2.37. The second-order valence-corrected chi connectivity index (χ2v) is 7.35. The van der Waals surface area contributed by atoms with E-state index in [-0.39, 0.29) is 18.9 Å². The molecule has 2 amide bonds. The van der Waals surface area contributed by atoms with Gasteiger partial charge in [0.2, 0.25) is 5.91 Å². The smallest absolute Gasteiger partial charge is 0.418 e. The lowest BCUT2D eigenvalue weighted by Gasteiger charge is -2.21. The van der Waals surface area contributed by atoms with Gasteiger partial charge in [0.05, 0.1) is 17.2 Å². The summed E-state index contributed by atoms with van der Waals surface area (Å²) in [5.74, 6) is -2.65. The van der Waals surface area contributed by atoms with Crippen LogP contribution in [0.1, 0.15) is 23.1 Å². The Morgan fingerprint density at radius 1 is 1.10 bits per heavy atom. The van der Waals surface area contributed by atoms with Crippen LogP contribution in [-0.2, 0) is 25.3 Å². The average Bonchev–Trinajstić information content (AvgIpc) is 3.07. The van der Waals surface area contributed by atoms with E-state index in [2.05, 4.69) is 5.32 Å². The molecule has 0 spiro atoms. The fourth-order valence-corrected chi connectivity index (χ4v) is 3.59. The van der Waals surface area contributed by atoms with E-state index in [4.69, 9.17) is 4.74 Å². The summed E-state index contributed by atoms with van der Waals surface area (Å²) in [5.41, 5.74) is 1.10. The number of ether oxygens (including phenoxy) is 1. The van der Waals surface area contributed by atoms with Crippen LogP contribution < -0.4 is 10.2 Å². The lowest BCUT2D eigenvalue weighted by atomic mass is 10.1. The average molecular weight is 434 g/mol. The molecule has 1 saturated heterocycles. The summed E-state index contributed by atoms with van der Waals surface area (Å²) >= 11 is 0. The molecule has 9 heteroatoms. The molecule has 1 fully saturated rings. The van der Waals surface area contributed by atoms with Gasteiger partial charge in [-0.05, 0) is 37.1 Å². The van der Waals surface area contributed by atoms with Gasteiger partial charge in [-0.1, -0.05) is 30.3 Å². The Morgan fingerprint density at radius 2 is 1.74 bits per heavy atom. The number of hydrogen-bond donors (Lipinski definition) is 1. The molecule has 1 heterocycles. The number of benzene rings is 2. The van der Waals surface area contributed by atoms with Crippen molar-refractivity contribution in [1.82, 2.24) is 0 Å². The molecule has 0 radical (unpaired) electrons. The Hall–Kier alpha value is -3.36. The largest absolute Gasteiger partial charge is 0.455 e. The predicted octanol–water partition coefficient (Wildman–Crippen LogP) is 3.86. The second kappa shape index (κ2) is 8.79. The zero-order valence-corrected chi connectivity index (χ0v) is 17.0. The Bertz CT molecular complexity index is 1000. The van der Waals surface area contributed by atoms with Crippen molar-refractivity contribution in [3.8, 4) is 0 Å². The fourth-order valence-electron chi connectivity index (χ4n) is 3.59. The zero-order valence-electron chi connectivity index (χ0n) is 17.0. The maximum absolute atomic E-state index is 13.0. The molecule has 0 aromatic heterocycles. The van der Waals surface area contributed by atoms with Gasteiger partial charge in [-0.3, -0.25) is 14.4 Å². The Labute approximate surface area is 177 Å². The maximum Gasteiger partial charge on any atom is 0.418 e. The number of esters is 1. The van der Waals surface area contributed by atoms with E-state index >= 15 is 0 Å². The number of amides is 2. The van der Waals surface area contributed by atoms with Crippen molar-refractivity contribution in [3.63, 3.8) is 0 Å². The lowest BCUT2D eigenvalue weighted by Crippen LogP contribution is -2.29. The van der Waals surface area contributed by atoms with Gasteiger partial charge in [0.1, 0.15) is 0 Å². The first-order chi connectivity index (χ1) is 14.6. The molecule has 0 bridgehead atoms. The van der Waals surface area contributed by atoms with Gasteiger partial charge < -0.3 is 15.0 Å². The highest BCUT2D eigenvalue weighted by molar-refractivity contribution is 6.01. The van der Waals surface area contributed by atoms with Crippen LogP contribution in [0.2, 0.25) is 0 Å². The number of rotatable bonds is 5. The summed E-state index contributed by atoms with van der Waals surface area (Å²) < 4.78 is 44.0. The molecule has 31 heavy (non-hydrogen) atoms. The van der Waals surface area contributed by atoms with Crippen LogP contribution in [0.5, 0.6) is 0 Å². The molecule has 0 saturated carbocycles. The minimum absolute atomic E-state index is 0.0644. The summed E-state index contributed by atoms with van der Waals surface area (Å²) in [6, 6.07) is 10.1. The van der Waals surface area contributed by atoms with E-state index in [1.165, 1.54) is 17.0 Å². The van der Waals surface area contributed by atoms with Crippen LogP contribution in [0.3, 0.4) is 0 Å². The Morgan fingerprint density at radius 3 is 2.39 bits per heavy atom. The van der Waals surface area contributed by atoms with Gasteiger partial charge >= 0.3 is 12.1 Å². The molecule has 1 N–H and O–H groups in total. The van der Waals surface area contributed by atoms with E-state index in [0.29, 0.717) is 0 Å². The van der Waals surface area contributed by atoms with Crippen LogP contribution in [0, 0.1) is 19.8 Å². The van der Waals surface area contributed by atoms with Crippen molar-refractivity contribution in [2.24, 2.45) is 5.92 Å². The summed E-state index contributed by atoms with van der Waals surface area (Å²) in [4.78, 5) is 38.3. The second-order valence-electron chi connectivity index (χ2n) is 7.35. The number of alkyl halides is 3. The molecule has 2 aromatic carbocycles. The molecule has 2 aromatic rings. The van der Waals surface area contributed by atoms with Crippen LogP contribution in [0.15, 0.2) is 42.5 Å². The molecule has 6 nitrogen and oxygen atoms in total. The number of carbonyl (C=O) groups excluding carboxylic acids is 3. The number of nitrogens with one attached hydrogen (secondary N) is 1. The van der Waals surface area contributed by atoms with Crippen molar-refractivity contribution in [2.45, 2.75) is 26.4 Å². The molecule has 0 aliphatic carbocycles. The first kappa shape index (κ1) is 22.3. The molecule has 3 rings (SSSR count). The van der Waals surface area contributed by atoms with Crippen LogP contribution in [0.4, 0.5) is 24.5 Å². The van der Waals surface area contributed by atoms with Crippen molar-refractivity contribution < 1.29 is 32.3 Å². The van der Waals surface area contributed by atoms with Gasteiger partial charge in [0, 0.05) is 18.7 Å². The van der Waals surface area contributed by atoms with Crippen molar-refractivity contribution in [1.29, 1.82) is 0 Å². The number of halogens is 3. The lowest BCUT2D eigenvalue weighted by molar-refractivity contribution is -0.151. The zero-order chi connectivity index (χ0) is 22.8. The van der Waals surface area contributed by atoms with E-state index in [1.807, 2.05) is 32.0 Å². The summed E-state index contributed by atoms with van der Waals surface area (Å²) in [5, 5.41) is 2.11. The van der Waals surface area contributed by atoms with E-state index < -0.39 is 41.8 Å². The Balaban J connectivity index is 1.60. The van der Waals surface area contributed by atoms with Crippen LogP contribution >= 0.6 is 0 Å². The highest BCUT2D eigenvalue weighted by atomic mass is 19.4. The SMILES string of the molecule is Cc1cccc(C)c1N1C[C@@H](C(=O)OCC(=O)Nc2ccccc2C(F)(F)F)CC1=O. The van der Waals surface area contributed by atoms with Crippen molar-refractivity contribution in [3.05, 3.63) is 59.2 Å². The molecule has 1 aliphatic heterocycles. The summed E-state index contributed by atoms with van der Waals surface area (Å²) in [6.07, 6.45) is -4.70. The number of nitrogens with zero attached hydrogens (tertiary/aromatic N) is 1. The first-order valence-electron chi connectivity index (χ1n) is 9.57. The monoisotopic (exact) mass is 434 g/mol. The molecule has 164 valence electrons. The number of hydrogen-bond acceptors (Lipinski definition) is 4. The topological polar surface area (TPSA) is 75.7 Å². The minimum atomic E-state index is -4.64. The van der Waals surface area contributed by atoms with Gasteiger partial charge in [-0.2, -0.15) is 13.2 Å². The van der Waals surface area contributed by atoms with Crippen molar-refractivity contribution in [2.75, 3.05) is 23.4 Å². The van der Waals surface area contributed by atoms with Crippen molar-refractivity contribution >= 4 is 29.2 Å². The highest BCUT2D eigenvalue weighted by Crippen LogP contribution is 2.34. The molecule has 0 unspecified atom stereocenters. The number of anilines is 2. The maximum atomic E-state index is 13.0. The van der Waals surface area contributed by atoms with E-state index in [0.717, 1.165) is 28.9 Å². The van der Waals surface area contributed by atoms with Gasteiger partial charge in [0.25, 0.3) is 5.91 Å². The Kier molecular flexibility index (Phi) is 6.33. The van der Waals surface area contributed by atoms with Gasteiger partial charge in [0.15, 0.2) is 6.61 Å². The van der Waals surface area contributed by atoms with E-state index in [9.17, 15) is 27.6 Å². The standard InChI is InChI=1S/C22H21F3N2O4/c1-13-6-5-7-14(2)20(13)27-11-15(10-19(27)29)21(30)31-12-18(28)26-17-9-4-3-8-16(17)22(23,24)25/h3-9,15H,10-12H2,1-2H3,(H,26,28)/t15-/m0/s1. The first-order valence-corrected chi connectivity index (χ1v) is 9.57. The molecule has 1 aliphatic rings. The van der Waals surface area contributed by atoms with Crippen LogP contribution in [-0.4, -0.2) is 30.9 Å². The molecular formula is C22H21F3N2O4. The number of aryl methyl sites for hydroxylation is 2. The summed E-state index contributed by atoms with van der Waals surface area (Å²) in [7, 11) is 0. The third-order valence-corrected chi connectivity index (χ3v) is 5.02. The quantitative estimate of drug-likeness (QED) is 0.726. The van der Waals surface area contributed by atoms with E-state index in [1.54, 1.807) is 0 Å². The normalized spacial score (nSPS) is 16.4. The predicted molar refractivity (Wildman–Crippen MR) is 107 cm³/mol. The number of para-hydroxylation sites is 2. The minimum Gasteiger partial charge on any atom is -0.455 e. The third kappa shape index (κ3) is 5.04. The van der Waals surface area contributed by atoms with Crippen LogP contribution in [0.25, 0.3) is 0 Å². The fraction of sp³-hybridized carbons (Fsp3) is 0.318. The van der Waals surface area contributed by atoms with Gasteiger partial charge in [-0.25, -0.2) is 0 Å².